The Bertz CT molecular complexity index is 597. The summed E-state index contributed by atoms with van der Waals surface area (Å²) in [6.45, 7) is 4.46. The minimum atomic E-state index is -3.34. The Hall–Kier alpha value is -1.42. The van der Waals surface area contributed by atoms with Gasteiger partial charge in [0.1, 0.15) is 5.76 Å². The maximum Gasteiger partial charge on any atom is 0.221 e. The number of nitrogens with one attached hydrogen (secondary N) is 1. The summed E-state index contributed by atoms with van der Waals surface area (Å²) in [5, 5.41) is 2.72. The number of carbonyl (C=O) groups is 1. The SMILES string of the molecule is CS(=O)(=O)N(CCC(=O)NCc1ccco1)CCN1CCOCC1. The van der Waals surface area contributed by atoms with E-state index in [1.807, 2.05) is 0 Å². The van der Waals surface area contributed by atoms with Gasteiger partial charge in [-0.3, -0.25) is 9.69 Å². The molecule has 1 aromatic rings. The second kappa shape index (κ2) is 9.16. The van der Waals surface area contributed by atoms with Gasteiger partial charge < -0.3 is 14.5 Å². The Kier molecular flexibility index (Phi) is 7.22. The number of hydrogen-bond donors (Lipinski definition) is 1. The number of ether oxygens (including phenoxy) is 1. The van der Waals surface area contributed by atoms with Gasteiger partial charge in [0.15, 0.2) is 0 Å². The third-order valence-electron chi connectivity index (χ3n) is 3.87. The third kappa shape index (κ3) is 6.60. The van der Waals surface area contributed by atoms with Crippen LogP contribution < -0.4 is 5.32 Å². The Balaban J connectivity index is 1.74. The topological polar surface area (TPSA) is 92.1 Å². The lowest BCUT2D eigenvalue weighted by Gasteiger charge is -2.29. The Morgan fingerprint density at radius 3 is 2.71 bits per heavy atom. The fourth-order valence-corrected chi connectivity index (χ4v) is 3.27. The lowest BCUT2D eigenvalue weighted by Crippen LogP contribution is -2.43. The number of carbonyl (C=O) groups excluding carboxylic acids is 1. The molecular weight excluding hydrogens is 334 g/mol. The van der Waals surface area contributed by atoms with E-state index in [2.05, 4.69) is 10.2 Å². The number of amides is 1. The van der Waals surface area contributed by atoms with E-state index < -0.39 is 10.0 Å². The molecule has 1 amide bonds. The molecule has 0 atom stereocenters. The molecule has 1 N–H and O–H groups in total. The van der Waals surface area contributed by atoms with E-state index in [0.29, 0.717) is 38.6 Å². The van der Waals surface area contributed by atoms with Crippen LogP contribution in [0.5, 0.6) is 0 Å². The standard InChI is InChI=1S/C15H25N3O5S/c1-24(20,21)18(7-6-17-8-11-22-12-9-17)5-4-15(19)16-13-14-3-2-10-23-14/h2-3,10H,4-9,11-13H2,1H3,(H,16,19). The Morgan fingerprint density at radius 1 is 1.33 bits per heavy atom. The summed E-state index contributed by atoms with van der Waals surface area (Å²) in [5.74, 6) is 0.460. The Morgan fingerprint density at radius 2 is 2.08 bits per heavy atom. The summed E-state index contributed by atoms with van der Waals surface area (Å²) >= 11 is 0. The molecule has 0 radical (unpaired) electrons. The van der Waals surface area contributed by atoms with Crippen molar-refractivity contribution in [3.63, 3.8) is 0 Å². The van der Waals surface area contributed by atoms with E-state index >= 15 is 0 Å². The van der Waals surface area contributed by atoms with E-state index in [1.54, 1.807) is 18.4 Å². The first kappa shape index (κ1) is 18.9. The highest BCUT2D eigenvalue weighted by Gasteiger charge is 2.20. The lowest BCUT2D eigenvalue weighted by molar-refractivity contribution is -0.121. The average molecular weight is 359 g/mol. The van der Waals surface area contributed by atoms with Gasteiger partial charge in [-0.15, -0.1) is 0 Å². The first-order chi connectivity index (χ1) is 11.4. The van der Waals surface area contributed by atoms with Gasteiger partial charge in [-0.25, -0.2) is 12.7 Å². The van der Waals surface area contributed by atoms with Gasteiger partial charge in [0.2, 0.25) is 15.9 Å². The largest absolute Gasteiger partial charge is 0.467 e. The van der Waals surface area contributed by atoms with Crippen LogP contribution in [-0.4, -0.2) is 75.7 Å². The third-order valence-corrected chi connectivity index (χ3v) is 5.17. The molecule has 1 aliphatic heterocycles. The summed E-state index contributed by atoms with van der Waals surface area (Å²) in [7, 11) is -3.34. The van der Waals surface area contributed by atoms with Crippen LogP contribution in [0, 0.1) is 0 Å². The zero-order valence-electron chi connectivity index (χ0n) is 13.9. The van der Waals surface area contributed by atoms with Crippen LogP contribution in [0.15, 0.2) is 22.8 Å². The number of furan rings is 1. The molecule has 136 valence electrons. The molecule has 0 aliphatic carbocycles. The number of hydrogen-bond acceptors (Lipinski definition) is 6. The van der Waals surface area contributed by atoms with Crippen LogP contribution in [-0.2, 0) is 26.1 Å². The molecule has 1 saturated heterocycles. The van der Waals surface area contributed by atoms with Gasteiger partial charge in [-0.05, 0) is 12.1 Å². The van der Waals surface area contributed by atoms with Gasteiger partial charge in [-0.1, -0.05) is 0 Å². The van der Waals surface area contributed by atoms with Gasteiger partial charge in [0.25, 0.3) is 0 Å². The van der Waals surface area contributed by atoms with Crippen molar-refractivity contribution >= 4 is 15.9 Å². The maximum atomic E-state index is 11.9. The predicted molar refractivity (Wildman–Crippen MR) is 88.8 cm³/mol. The molecule has 0 unspecified atom stereocenters. The minimum Gasteiger partial charge on any atom is -0.467 e. The molecule has 24 heavy (non-hydrogen) atoms. The number of rotatable bonds is 9. The fraction of sp³-hybridized carbons (Fsp3) is 0.667. The monoisotopic (exact) mass is 359 g/mol. The van der Waals surface area contributed by atoms with E-state index in [4.69, 9.17) is 9.15 Å². The van der Waals surface area contributed by atoms with Crippen molar-refractivity contribution in [2.45, 2.75) is 13.0 Å². The van der Waals surface area contributed by atoms with E-state index in [-0.39, 0.29) is 18.9 Å². The number of sulfonamides is 1. The van der Waals surface area contributed by atoms with Gasteiger partial charge in [0, 0.05) is 39.1 Å². The van der Waals surface area contributed by atoms with Crippen LogP contribution >= 0.6 is 0 Å². The molecule has 0 spiro atoms. The molecule has 2 heterocycles. The molecule has 0 bridgehead atoms. The van der Waals surface area contributed by atoms with Crippen molar-refractivity contribution in [1.29, 1.82) is 0 Å². The van der Waals surface area contributed by atoms with Crippen molar-refractivity contribution in [3.8, 4) is 0 Å². The van der Waals surface area contributed by atoms with Crippen molar-refractivity contribution < 1.29 is 22.4 Å². The van der Waals surface area contributed by atoms with E-state index in [1.165, 1.54) is 10.6 Å². The molecule has 2 rings (SSSR count). The van der Waals surface area contributed by atoms with E-state index in [0.717, 1.165) is 13.1 Å². The average Bonchev–Trinajstić information content (AvgIpc) is 3.06. The molecule has 1 aromatic heterocycles. The lowest BCUT2D eigenvalue weighted by atomic mass is 10.3. The maximum absolute atomic E-state index is 11.9. The van der Waals surface area contributed by atoms with Crippen molar-refractivity contribution in [3.05, 3.63) is 24.2 Å². The number of morpholine rings is 1. The van der Waals surface area contributed by atoms with E-state index in [9.17, 15) is 13.2 Å². The smallest absolute Gasteiger partial charge is 0.221 e. The summed E-state index contributed by atoms with van der Waals surface area (Å²) in [6, 6.07) is 3.52. The summed E-state index contributed by atoms with van der Waals surface area (Å²) in [4.78, 5) is 14.0. The van der Waals surface area contributed by atoms with Crippen LogP contribution in [0.4, 0.5) is 0 Å². The highest BCUT2D eigenvalue weighted by molar-refractivity contribution is 7.88. The van der Waals surface area contributed by atoms with Crippen LogP contribution in [0.2, 0.25) is 0 Å². The van der Waals surface area contributed by atoms with Crippen LogP contribution in [0.1, 0.15) is 12.2 Å². The zero-order chi connectivity index (χ0) is 17.4. The fourth-order valence-electron chi connectivity index (χ4n) is 2.43. The second-order valence-electron chi connectivity index (χ2n) is 5.72. The van der Waals surface area contributed by atoms with Crippen molar-refractivity contribution in [2.24, 2.45) is 0 Å². The van der Waals surface area contributed by atoms with Gasteiger partial charge in [0.05, 0.1) is 32.3 Å². The molecule has 0 aromatic carbocycles. The van der Waals surface area contributed by atoms with Crippen LogP contribution in [0.3, 0.4) is 0 Å². The normalized spacial score (nSPS) is 16.4. The highest BCUT2D eigenvalue weighted by Crippen LogP contribution is 2.04. The molecule has 1 aliphatic rings. The van der Waals surface area contributed by atoms with Crippen molar-refractivity contribution in [2.75, 3.05) is 52.2 Å². The zero-order valence-corrected chi connectivity index (χ0v) is 14.8. The molecular formula is C15H25N3O5S. The first-order valence-corrected chi connectivity index (χ1v) is 9.84. The molecule has 9 heteroatoms. The van der Waals surface area contributed by atoms with Crippen molar-refractivity contribution in [1.82, 2.24) is 14.5 Å². The summed E-state index contributed by atoms with van der Waals surface area (Å²) in [5.41, 5.74) is 0. The molecule has 1 fully saturated rings. The highest BCUT2D eigenvalue weighted by atomic mass is 32.2. The van der Waals surface area contributed by atoms with Gasteiger partial charge >= 0.3 is 0 Å². The second-order valence-corrected chi connectivity index (χ2v) is 7.70. The quantitative estimate of drug-likeness (QED) is 0.661. The minimum absolute atomic E-state index is 0.122. The Labute approximate surface area is 142 Å². The van der Waals surface area contributed by atoms with Crippen LogP contribution in [0.25, 0.3) is 0 Å². The predicted octanol–water partition coefficient (Wildman–Crippen LogP) is -0.120. The first-order valence-electron chi connectivity index (χ1n) is 7.99. The summed E-state index contributed by atoms with van der Waals surface area (Å²) < 4.78 is 35.6. The molecule has 0 saturated carbocycles. The van der Waals surface area contributed by atoms with Gasteiger partial charge in [-0.2, -0.15) is 0 Å². The number of nitrogens with zero attached hydrogens (tertiary/aromatic N) is 2. The molecule has 8 nitrogen and oxygen atoms in total. The summed E-state index contributed by atoms with van der Waals surface area (Å²) in [6.07, 6.45) is 2.84.